The number of amides is 1. The minimum absolute atomic E-state index is 0.0554. The normalized spacial score (nSPS) is 10.6. The summed E-state index contributed by atoms with van der Waals surface area (Å²) in [7, 11) is 3.15. The number of rotatable bonds is 9. The smallest absolute Gasteiger partial charge is 0.306 e. The van der Waals surface area contributed by atoms with Crippen LogP contribution in [-0.2, 0) is 27.4 Å². The topological polar surface area (TPSA) is 78.0 Å². The number of hydrogen-bond donors (Lipinski definition) is 0. The molecule has 0 N–H and O–H groups in total. The van der Waals surface area contributed by atoms with Crippen molar-refractivity contribution in [1.82, 2.24) is 4.98 Å². The summed E-state index contributed by atoms with van der Waals surface area (Å²) in [5.41, 5.74) is 4.46. The zero-order valence-corrected chi connectivity index (χ0v) is 20.3. The highest BCUT2D eigenvalue weighted by Crippen LogP contribution is 2.32. The van der Waals surface area contributed by atoms with Gasteiger partial charge in [0.15, 0.2) is 16.6 Å². The van der Waals surface area contributed by atoms with E-state index in [-0.39, 0.29) is 24.9 Å². The molecule has 0 radical (unpaired) electrons. The van der Waals surface area contributed by atoms with E-state index < -0.39 is 0 Å². The lowest BCUT2D eigenvalue weighted by atomic mass is 10.1. The molecule has 0 unspecified atom stereocenters. The minimum atomic E-state index is -0.322. The Kier molecular flexibility index (Phi) is 8.06. The third-order valence-corrected chi connectivity index (χ3v) is 5.96. The van der Waals surface area contributed by atoms with Gasteiger partial charge in [-0.2, -0.15) is 0 Å². The summed E-state index contributed by atoms with van der Waals surface area (Å²) >= 11 is 1.34. The summed E-state index contributed by atoms with van der Waals surface area (Å²) in [4.78, 5) is 30.7. The van der Waals surface area contributed by atoms with Gasteiger partial charge in [0.05, 0.1) is 25.6 Å². The molecule has 8 heteroatoms. The molecule has 1 heterocycles. The summed E-state index contributed by atoms with van der Waals surface area (Å²) in [6.07, 6.45) is 0.751. The molecular formula is C25H28N2O5S. The van der Waals surface area contributed by atoms with Crippen LogP contribution >= 0.6 is 11.3 Å². The maximum Gasteiger partial charge on any atom is 0.306 e. The second-order valence-corrected chi connectivity index (χ2v) is 8.45. The van der Waals surface area contributed by atoms with Gasteiger partial charge >= 0.3 is 5.97 Å². The van der Waals surface area contributed by atoms with Gasteiger partial charge in [-0.3, -0.25) is 14.5 Å². The van der Waals surface area contributed by atoms with Gasteiger partial charge in [-0.1, -0.05) is 23.8 Å². The number of ether oxygens (including phenoxy) is 3. The molecular weight excluding hydrogens is 440 g/mol. The van der Waals surface area contributed by atoms with Crippen molar-refractivity contribution in [3.05, 3.63) is 64.2 Å². The van der Waals surface area contributed by atoms with E-state index in [1.165, 1.54) is 18.3 Å². The lowest BCUT2D eigenvalue weighted by molar-refractivity contribution is -0.145. The third kappa shape index (κ3) is 6.10. The van der Waals surface area contributed by atoms with Gasteiger partial charge in [0.1, 0.15) is 6.61 Å². The molecule has 0 aliphatic heterocycles. The Bertz CT molecular complexity index is 1140. The minimum Gasteiger partial charge on any atom is -0.493 e. The standard InChI is InChI=1S/C25H28N2O5S/c1-16-6-9-21(17(2)12-16)27(18(3)28)25-26-20(15-33-25)14-32-24(29)11-8-19-7-10-22(30-4)23(13-19)31-5/h6-7,9-10,12-13,15H,8,11,14H2,1-5H3. The lowest BCUT2D eigenvalue weighted by Crippen LogP contribution is -2.23. The first kappa shape index (κ1) is 24.3. The average molecular weight is 469 g/mol. The molecule has 33 heavy (non-hydrogen) atoms. The van der Waals surface area contributed by atoms with E-state index in [4.69, 9.17) is 14.2 Å². The summed E-state index contributed by atoms with van der Waals surface area (Å²) in [6.45, 7) is 5.54. The first-order valence-corrected chi connectivity index (χ1v) is 11.4. The van der Waals surface area contributed by atoms with E-state index in [1.54, 1.807) is 24.5 Å². The average Bonchev–Trinajstić information content (AvgIpc) is 3.25. The number of nitrogens with zero attached hydrogens (tertiary/aromatic N) is 2. The van der Waals surface area contributed by atoms with E-state index >= 15 is 0 Å². The monoisotopic (exact) mass is 468 g/mol. The van der Waals surface area contributed by atoms with Crippen molar-refractivity contribution < 1.29 is 23.8 Å². The van der Waals surface area contributed by atoms with E-state index in [9.17, 15) is 9.59 Å². The van der Waals surface area contributed by atoms with Crippen LogP contribution in [0.1, 0.15) is 35.7 Å². The maximum atomic E-state index is 12.4. The summed E-state index contributed by atoms with van der Waals surface area (Å²) in [5, 5.41) is 2.35. The van der Waals surface area contributed by atoms with Crippen LogP contribution in [0.3, 0.4) is 0 Å². The number of hydrogen-bond acceptors (Lipinski definition) is 7. The highest BCUT2D eigenvalue weighted by atomic mass is 32.1. The second-order valence-electron chi connectivity index (χ2n) is 7.62. The van der Waals surface area contributed by atoms with Gasteiger partial charge in [0.2, 0.25) is 5.91 Å². The number of aryl methyl sites for hydroxylation is 3. The van der Waals surface area contributed by atoms with Crippen molar-refractivity contribution in [2.75, 3.05) is 19.1 Å². The van der Waals surface area contributed by atoms with Gasteiger partial charge in [0, 0.05) is 18.7 Å². The predicted octanol–water partition coefficient (Wildman–Crippen LogP) is 5.14. The fourth-order valence-electron chi connectivity index (χ4n) is 3.44. The van der Waals surface area contributed by atoms with Crippen molar-refractivity contribution in [2.24, 2.45) is 0 Å². The largest absolute Gasteiger partial charge is 0.493 e. The number of esters is 1. The van der Waals surface area contributed by atoms with Gasteiger partial charge in [-0.05, 0) is 49.6 Å². The Morgan fingerprint density at radius 1 is 1.03 bits per heavy atom. The van der Waals surface area contributed by atoms with E-state index in [1.807, 2.05) is 50.2 Å². The molecule has 0 aliphatic carbocycles. The molecule has 2 aromatic carbocycles. The second kappa shape index (κ2) is 11.0. The van der Waals surface area contributed by atoms with Gasteiger partial charge in [-0.25, -0.2) is 4.98 Å². The highest BCUT2D eigenvalue weighted by molar-refractivity contribution is 7.14. The van der Waals surface area contributed by atoms with Crippen LogP contribution < -0.4 is 14.4 Å². The number of aromatic nitrogens is 1. The molecule has 7 nitrogen and oxygen atoms in total. The van der Waals surface area contributed by atoms with Gasteiger partial charge < -0.3 is 14.2 Å². The fraction of sp³-hybridized carbons (Fsp3) is 0.320. The zero-order valence-electron chi connectivity index (χ0n) is 19.5. The molecule has 1 aromatic heterocycles. The Morgan fingerprint density at radius 3 is 2.45 bits per heavy atom. The van der Waals surface area contributed by atoms with E-state index in [0.29, 0.717) is 28.7 Å². The molecule has 3 aromatic rings. The molecule has 1 amide bonds. The SMILES string of the molecule is COc1ccc(CCC(=O)OCc2csc(N(C(C)=O)c3ccc(C)cc3C)n2)cc1OC. The number of thiazole rings is 1. The van der Waals surface area contributed by atoms with Crippen LogP contribution in [0, 0.1) is 13.8 Å². The van der Waals surface area contributed by atoms with Crippen molar-refractivity contribution >= 4 is 34.0 Å². The Labute approximate surface area is 197 Å². The van der Waals surface area contributed by atoms with Crippen LogP contribution in [0.2, 0.25) is 0 Å². The molecule has 0 atom stereocenters. The third-order valence-electron chi connectivity index (χ3n) is 5.09. The first-order valence-electron chi connectivity index (χ1n) is 10.5. The first-order chi connectivity index (χ1) is 15.8. The molecule has 0 aliphatic rings. The quantitative estimate of drug-likeness (QED) is 0.405. The molecule has 174 valence electrons. The highest BCUT2D eigenvalue weighted by Gasteiger charge is 2.20. The summed E-state index contributed by atoms with van der Waals surface area (Å²) in [5.74, 6) is 0.813. The molecule has 0 spiro atoms. The van der Waals surface area contributed by atoms with Crippen molar-refractivity contribution in [3.8, 4) is 11.5 Å². The zero-order chi connectivity index (χ0) is 24.0. The van der Waals surface area contributed by atoms with Crippen molar-refractivity contribution in [3.63, 3.8) is 0 Å². The molecule has 0 fully saturated rings. The van der Waals surface area contributed by atoms with Crippen molar-refractivity contribution in [2.45, 2.75) is 40.2 Å². The van der Waals surface area contributed by atoms with Crippen LogP contribution in [0.25, 0.3) is 0 Å². The van der Waals surface area contributed by atoms with Gasteiger partial charge in [-0.15, -0.1) is 11.3 Å². The predicted molar refractivity (Wildman–Crippen MR) is 129 cm³/mol. The van der Waals surface area contributed by atoms with Crippen LogP contribution in [0.5, 0.6) is 11.5 Å². The van der Waals surface area contributed by atoms with Crippen LogP contribution in [0.4, 0.5) is 10.8 Å². The molecule has 3 rings (SSSR count). The van der Waals surface area contributed by atoms with Crippen LogP contribution in [0.15, 0.2) is 41.8 Å². The Balaban J connectivity index is 1.60. The van der Waals surface area contributed by atoms with E-state index in [0.717, 1.165) is 22.4 Å². The number of carbonyl (C=O) groups excluding carboxylic acids is 2. The maximum absolute atomic E-state index is 12.4. The fourth-order valence-corrected chi connectivity index (χ4v) is 4.30. The number of anilines is 2. The summed E-state index contributed by atoms with van der Waals surface area (Å²) in [6, 6.07) is 11.5. The molecule has 0 bridgehead atoms. The number of benzene rings is 2. The Morgan fingerprint density at radius 2 is 1.79 bits per heavy atom. The number of methoxy groups -OCH3 is 2. The van der Waals surface area contributed by atoms with Gasteiger partial charge in [0.25, 0.3) is 0 Å². The Hall–Kier alpha value is -3.39. The van der Waals surface area contributed by atoms with Crippen molar-refractivity contribution in [1.29, 1.82) is 0 Å². The number of carbonyl (C=O) groups is 2. The summed E-state index contributed by atoms with van der Waals surface area (Å²) < 4.78 is 15.9. The van der Waals surface area contributed by atoms with Crippen LogP contribution in [-0.4, -0.2) is 31.1 Å². The van der Waals surface area contributed by atoms with E-state index in [2.05, 4.69) is 4.98 Å². The molecule has 0 saturated heterocycles. The molecule has 0 saturated carbocycles. The lowest BCUT2D eigenvalue weighted by Gasteiger charge is -2.20.